The Morgan fingerprint density at radius 1 is 1.39 bits per heavy atom. The Morgan fingerprint density at radius 2 is 2.06 bits per heavy atom. The van der Waals surface area contributed by atoms with Crippen LogP contribution < -0.4 is 11.3 Å². The average molecular weight is 311 g/mol. The first kappa shape index (κ1) is 12.9. The lowest BCUT2D eigenvalue weighted by Crippen LogP contribution is -2.17. The Balaban J connectivity index is 2.60. The van der Waals surface area contributed by atoms with Crippen LogP contribution in [0.5, 0.6) is 0 Å². The Hall–Kier alpha value is -1.56. The van der Waals surface area contributed by atoms with Crippen LogP contribution in [-0.2, 0) is 5.41 Å². The molecule has 2 heterocycles. The summed E-state index contributed by atoms with van der Waals surface area (Å²) in [6, 6.07) is 3.57. The third-order valence-electron chi connectivity index (χ3n) is 2.62. The van der Waals surface area contributed by atoms with E-state index in [1.807, 2.05) is 26.8 Å². The molecule has 6 heteroatoms. The van der Waals surface area contributed by atoms with E-state index in [0.717, 1.165) is 10.2 Å². The van der Waals surface area contributed by atoms with Crippen LogP contribution in [0.1, 0.15) is 26.5 Å². The van der Waals surface area contributed by atoms with Gasteiger partial charge in [0.2, 0.25) is 0 Å². The van der Waals surface area contributed by atoms with Crippen molar-refractivity contribution < 1.29 is 0 Å². The highest BCUT2D eigenvalue weighted by molar-refractivity contribution is 9.10. The van der Waals surface area contributed by atoms with Crippen molar-refractivity contribution in [2.24, 2.45) is 0 Å². The highest BCUT2D eigenvalue weighted by Gasteiger charge is 2.23. The molecule has 0 amide bonds. The maximum Gasteiger partial charge on any atom is 0.296 e. The van der Waals surface area contributed by atoms with Gasteiger partial charge in [-0.15, -0.1) is 0 Å². The molecule has 2 rings (SSSR count). The van der Waals surface area contributed by atoms with Gasteiger partial charge in [-0.2, -0.15) is 4.68 Å². The molecule has 0 saturated carbocycles. The van der Waals surface area contributed by atoms with E-state index in [2.05, 4.69) is 26.0 Å². The fourth-order valence-corrected chi connectivity index (χ4v) is 1.92. The molecule has 5 nitrogen and oxygen atoms in total. The summed E-state index contributed by atoms with van der Waals surface area (Å²) in [7, 11) is 0. The van der Waals surface area contributed by atoms with Crippen molar-refractivity contribution in [1.82, 2.24) is 14.8 Å². The second kappa shape index (κ2) is 4.28. The maximum atomic E-state index is 12.1. The second-order valence-corrected chi connectivity index (χ2v) is 6.04. The predicted molar refractivity (Wildman–Crippen MR) is 75.0 cm³/mol. The number of rotatable bonds is 1. The molecule has 0 aliphatic rings. The Morgan fingerprint density at radius 3 is 2.50 bits per heavy atom. The van der Waals surface area contributed by atoms with E-state index in [1.54, 1.807) is 12.3 Å². The SMILES string of the molecule is CC(C)(C)c1[nH]n(-c2ccc(Br)cn2)c(=O)c1N. The Labute approximate surface area is 113 Å². The lowest BCUT2D eigenvalue weighted by molar-refractivity contribution is 0.561. The second-order valence-electron chi connectivity index (χ2n) is 5.13. The van der Waals surface area contributed by atoms with Gasteiger partial charge in [-0.25, -0.2) is 4.98 Å². The van der Waals surface area contributed by atoms with E-state index in [0.29, 0.717) is 5.82 Å². The third-order valence-corrected chi connectivity index (χ3v) is 3.09. The van der Waals surface area contributed by atoms with Crippen molar-refractivity contribution in [1.29, 1.82) is 0 Å². The fraction of sp³-hybridized carbons (Fsp3) is 0.333. The van der Waals surface area contributed by atoms with Gasteiger partial charge in [-0.05, 0) is 28.1 Å². The lowest BCUT2D eigenvalue weighted by atomic mass is 9.91. The molecule has 2 aromatic heterocycles. The number of halogens is 1. The number of hydrogen-bond donors (Lipinski definition) is 2. The standard InChI is InChI=1S/C12H15BrN4O/c1-12(2,3)10-9(14)11(18)17(16-10)8-5-4-7(13)6-15-8/h4-6,16H,14H2,1-3H3. The first-order valence-electron chi connectivity index (χ1n) is 5.53. The number of aromatic nitrogens is 3. The molecule has 18 heavy (non-hydrogen) atoms. The summed E-state index contributed by atoms with van der Waals surface area (Å²) in [5.74, 6) is 0.519. The van der Waals surface area contributed by atoms with Gasteiger partial charge in [0.1, 0.15) is 5.69 Å². The molecule has 0 bridgehead atoms. The van der Waals surface area contributed by atoms with Crippen molar-refractivity contribution >= 4 is 21.6 Å². The molecule has 0 atom stereocenters. The molecular formula is C12H15BrN4O. The zero-order valence-electron chi connectivity index (χ0n) is 10.5. The molecule has 0 saturated heterocycles. The van der Waals surface area contributed by atoms with Gasteiger partial charge < -0.3 is 5.73 Å². The van der Waals surface area contributed by atoms with Crippen molar-refractivity contribution in [3.63, 3.8) is 0 Å². The minimum Gasteiger partial charge on any atom is -0.393 e. The summed E-state index contributed by atoms with van der Waals surface area (Å²) in [6.45, 7) is 5.98. The summed E-state index contributed by atoms with van der Waals surface area (Å²) in [5.41, 5.74) is 6.33. The van der Waals surface area contributed by atoms with Crippen LogP contribution in [-0.4, -0.2) is 14.8 Å². The van der Waals surface area contributed by atoms with Gasteiger partial charge in [-0.3, -0.25) is 9.89 Å². The summed E-state index contributed by atoms with van der Waals surface area (Å²) >= 11 is 3.30. The van der Waals surface area contributed by atoms with E-state index in [4.69, 9.17) is 5.73 Å². The van der Waals surface area contributed by atoms with Crippen LogP contribution >= 0.6 is 15.9 Å². The van der Waals surface area contributed by atoms with Crippen LogP contribution in [0.15, 0.2) is 27.6 Å². The zero-order chi connectivity index (χ0) is 13.5. The predicted octanol–water partition coefficient (Wildman–Crippen LogP) is 2.20. The molecule has 96 valence electrons. The molecule has 0 aromatic carbocycles. The number of nitrogens with zero attached hydrogens (tertiary/aromatic N) is 2. The monoisotopic (exact) mass is 310 g/mol. The first-order chi connectivity index (χ1) is 8.30. The van der Waals surface area contributed by atoms with Gasteiger partial charge in [0.25, 0.3) is 5.56 Å². The fourth-order valence-electron chi connectivity index (χ4n) is 1.68. The average Bonchev–Trinajstić information content (AvgIpc) is 2.57. The largest absolute Gasteiger partial charge is 0.393 e. The van der Waals surface area contributed by atoms with Crippen molar-refractivity contribution in [2.45, 2.75) is 26.2 Å². The highest BCUT2D eigenvalue weighted by atomic mass is 79.9. The van der Waals surface area contributed by atoms with Gasteiger partial charge in [0.05, 0.1) is 5.69 Å². The van der Waals surface area contributed by atoms with E-state index in [9.17, 15) is 4.79 Å². The van der Waals surface area contributed by atoms with Crippen LogP contribution in [0.3, 0.4) is 0 Å². The van der Waals surface area contributed by atoms with Gasteiger partial charge in [0, 0.05) is 16.1 Å². The molecule has 0 radical (unpaired) electrons. The minimum absolute atomic E-state index is 0.218. The number of anilines is 1. The molecule has 3 N–H and O–H groups in total. The van der Waals surface area contributed by atoms with E-state index in [1.165, 1.54) is 4.68 Å². The number of nitrogen functional groups attached to an aromatic ring is 1. The molecule has 0 unspecified atom stereocenters. The van der Waals surface area contributed by atoms with Crippen LogP contribution in [0.25, 0.3) is 5.82 Å². The van der Waals surface area contributed by atoms with E-state index < -0.39 is 0 Å². The number of aromatic amines is 1. The van der Waals surface area contributed by atoms with Crippen molar-refractivity contribution in [3.05, 3.63) is 38.9 Å². The lowest BCUT2D eigenvalue weighted by Gasteiger charge is -2.16. The number of nitrogens with one attached hydrogen (secondary N) is 1. The van der Waals surface area contributed by atoms with E-state index >= 15 is 0 Å². The normalized spacial score (nSPS) is 11.8. The quantitative estimate of drug-likeness (QED) is 0.847. The summed E-state index contributed by atoms with van der Waals surface area (Å²) in [5, 5.41) is 3.03. The summed E-state index contributed by atoms with van der Waals surface area (Å²) < 4.78 is 2.22. The van der Waals surface area contributed by atoms with Crippen LogP contribution in [0.2, 0.25) is 0 Å². The summed E-state index contributed by atoms with van der Waals surface area (Å²) in [6.07, 6.45) is 1.63. The molecular weight excluding hydrogens is 296 g/mol. The summed E-state index contributed by atoms with van der Waals surface area (Å²) in [4.78, 5) is 16.3. The van der Waals surface area contributed by atoms with Crippen LogP contribution in [0, 0.1) is 0 Å². The highest BCUT2D eigenvalue weighted by Crippen LogP contribution is 2.24. The Kier molecular flexibility index (Phi) is 3.06. The van der Waals surface area contributed by atoms with Gasteiger partial charge >= 0.3 is 0 Å². The molecule has 0 spiro atoms. The van der Waals surface area contributed by atoms with E-state index in [-0.39, 0.29) is 16.7 Å². The smallest absolute Gasteiger partial charge is 0.296 e. The molecule has 0 aliphatic carbocycles. The van der Waals surface area contributed by atoms with Gasteiger partial charge in [0.15, 0.2) is 5.82 Å². The zero-order valence-corrected chi connectivity index (χ0v) is 12.1. The third kappa shape index (κ3) is 2.20. The number of pyridine rings is 1. The van der Waals surface area contributed by atoms with Crippen molar-refractivity contribution in [2.75, 3.05) is 5.73 Å². The number of hydrogen-bond acceptors (Lipinski definition) is 3. The molecule has 0 aliphatic heterocycles. The molecule has 0 fully saturated rings. The topological polar surface area (TPSA) is 76.7 Å². The van der Waals surface area contributed by atoms with Crippen molar-refractivity contribution in [3.8, 4) is 5.82 Å². The Bertz CT molecular complexity index is 619. The molecule has 2 aromatic rings. The number of nitrogens with two attached hydrogens (primary N) is 1. The first-order valence-corrected chi connectivity index (χ1v) is 6.33. The van der Waals surface area contributed by atoms with Crippen LogP contribution in [0.4, 0.5) is 5.69 Å². The number of H-pyrrole nitrogens is 1. The van der Waals surface area contributed by atoms with Gasteiger partial charge in [-0.1, -0.05) is 20.8 Å². The minimum atomic E-state index is -0.269. The maximum absolute atomic E-state index is 12.1.